The van der Waals surface area contributed by atoms with Gasteiger partial charge in [0.25, 0.3) is 14.4 Å². The predicted molar refractivity (Wildman–Crippen MR) is 234 cm³/mol. The molecule has 0 radical (unpaired) electrons. The van der Waals surface area contributed by atoms with Gasteiger partial charge in [-0.15, -0.1) is 0 Å². The summed E-state index contributed by atoms with van der Waals surface area (Å²) in [6.45, 7) is 2.27. The molecule has 1 saturated carbocycles. The third-order valence-electron chi connectivity index (χ3n) is 12.4. The maximum Gasteiger partial charge on any atom is 0.259 e. The third-order valence-corrected chi connectivity index (χ3v) is 14.2. The number of nitrogens with zero attached hydrogens (tertiary/aromatic N) is 5. The quantitative estimate of drug-likeness (QED) is 0.0833. The highest BCUT2D eigenvalue weighted by molar-refractivity contribution is 7.45. The number of hydrogen-bond donors (Lipinski definition) is 1. The molecule has 4 aromatic carbocycles. The SMILES string of the molecule is COc1ccc(C(OC[C@H]2O[C@@H](n3cnc4c(NC(=O)c5ccccc5)ncnc43)[C@H](OC)[C@@H]2O[P@@]2O[C@@]3(C)CCCC[C@@H]3N2C)(c2ccccc2)c2ccc(OC)cc2)cc1. The van der Waals surface area contributed by atoms with E-state index in [1.165, 1.54) is 6.33 Å². The number of aromatic nitrogens is 4. The first-order valence-corrected chi connectivity index (χ1v) is 22.0. The van der Waals surface area contributed by atoms with E-state index in [0.717, 1.165) is 53.9 Å². The minimum Gasteiger partial charge on any atom is -0.497 e. The smallest absolute Gasteiger partial charge is 0.259 e. The molecule has 2 aromatic heterocycles. The first-order valence-electron chi connectivity index (χ1n) is 20.9. The van der Waals surface area contributed by atoms with Crippen LogP contribution in [-0.2, 0) is 28.9 Å². The van der Waals surface area contributed by atoms with Crippen LogP contribution in [0, 0.1) is 0 Å². The molecule has 7 atom stereocenters. The van der Waals surface area contributed by atoms with E-state index in [1.807, 2.05) is 89.5 Å². The lowest BCUT2D eigenvalue weighted by Gasteiger charge is -2.37. The van der Waals surface area contributed by atoms with Crippen LogP contribution < -0.4 is 14.8 Å². The number of fused-ring (bicyclic) bond motifs is 2. The number of carbonyl (C=O) groups excluding carboxylic acids is 1. The molecule has 1 N–H and O–H groups in total. The Morgan fingerprint density at radius 2 is 1.48 bits per heavy atom. The van der Waals surface area contributed by atoms with Crippen molar-refractivity contribution in [2.75, 3.05) is 40.3 Å². The lowest BCUT2D eigenvalue weighted by atomic mass is 9.80. The van der Waals surface area contributed by atoms with Gasteiger partial charge in [-0.05, 0) is 79.9 Å². The zero-order valence-corrected chi connectivity index (χ0v) is 36.3. The van der Waals surface area contributed by atoms with Crippen LogP contribution in [0.1, 0.15) is 65.9 Å². The number of amides is 1. The summed E-state index contributed by atoms with van der Waals surface area (Å²) in [4.78, 5) is 27.0. The highest BCUT2D eigenvalue weighted by Crippen LogP contribution is 2.61. The number of imidazole rings is 1. The van der Waals surface area contributed by atoms with Crippen molar-refractivity contribution >= 4 is 31.4 Å². The molecule has 1 aliphatic carbocycles. The molecule has 1 amide bonds. The number of anilines is 1. The van der Waals surface area contributed by atoms with Crippen LogP contribution in [0.15, 0.2) is 122 Å². The van der Waals surface area contributed by atoms with Gasteiger partial charge in [0.05, 0.1) is 32.8 Å². The summed E-state index contributed by atoms with van der Waals surface area (Å²) in [5.74, 6) is 1.40. The number of methoxy groups -OCH3 is 3. The van der Waals surface area contributed by atoms with Crippen LogP contribution in [0.3, 0.4) is 0 Å². The number of nitrogens with one attached hydrogen (secondary N) is 1. The largest absolute Gasteiger partial charge is 0.497 e. The minimum atomic E-state index is -1.51. The van der Waals surface area contributed by atoms with Crippen LogP contribution in [-0.4, -0.2) is 95.0 Å². The molecule has 0 unspecified atom stereocenters. The maximum absolute atomic E-state index is 13.2. The Morgan fingerprint density at radius 3 is 2.11 bits per heavy atom. The summed E-state index contributed by atoms with van der Waals surface area (Å²) in [6, 6.07) is 35.2. The van der Waals surface area contributed by atoms with Crippen LogP contribution in [0.4, 0.5) is 5.82 Å². The number of likely N-dealkylation sites (N-methyl/N-ethyl adjacent to an activating group) is 1. The molecule has 14 nitrogen and oxygen atoms in total. The zero-order valence-electron chi connectivity index (χ0n) is 35.4. The number of hydrogen-bond acceptors (Lipinski definition) is 12. The van der Waals surface area contributed by atoms with E-state index in [0.29, 0.717) is 16.7 Å². The average Bonchev–Trinajstić information content (AvgIpc) is 3.98. The molecule has 9 rings (SSSR count). The number of benzene rings is 4. The highest BCUT2D eigenvalue weighted by Gasteiger charge is 2.56. The predicted octanol–water partition coefficient (Wildman–Crippen LogP) is 8.29. The van der Waals surface area contributed by atoms with Gasteiger partial charge in [-0.3, -0.25) is 9.36 Å². The molecule has 2 aliphatic heterocycles. The van der Waals surface area contributed by atoms with Crippen molar-refractivity contribution in [1.29, 1.82) is 0 Å². The molecule has 322 valence electrons. The van der Waals surface area contributed by atoms with Crippen molar-refractivity contribution in [3.05, 3.63) is 144 Å². The van der Waals surface area contributed by atoms with Gasteiger partial charge < -0.3 is 38.0 Å². The van der Waals surface area contributed by atoms with E-state index >= 15 is 0 Å². The zero-order chi connectivity index (χ0) is 42.8. The molecule has 62 heavy (non-hydrogen) atoms. The summed E-state index contributed by atoms with van der Waals surface area (Å²) < 4.78 is 50.1. The van der Waals surface area contributed by atoms with Gasteiger partial charge in [0.1, 0.15) is 41.7 Å². The highest BCUT2D eigenvalue weighted by atomic mass is 31.2. The molecule has 0 bridgehead atoms. The summed E-state index contributed by atoms with van der Waals surface area (Å²) in [5, 5.41) is 2.91. The Hall–Kier alpha value is -5.31. The van der Waals surface area contributed by atoms with Crippen molar-refractivity contribution < 1.29 is 37.5 Å². The summed E-state index contributed by atoms with van der Waals surface area (Å²) in [5.41, 5.74) is 2.57. The lowest BCUT2D eigenvalue weighted by Crippen LogP contribution is -2.44. The fraction of sp³-hybridized carbons (Fsp3) is 0.362. The molecule has 15 heteroatoms. The van der Waals surface area contributed by atoms with E-state index in [4.69, 9.17) is 37.7 Å². The van der Waals surface area contributed by atoms with Crippen LogP contribution in [0.2, 0.25) is 0 Å². The maximum atomic E-state index is 13.2. The number of ether oxygens (including phenoxy) is 5. The van der Waals surface area contributed by atoms with E-state index in [1.54, 1.807) is 39.8 Å². The van der Waals surface area contributed by atoms with E-state index in [9.17, 15) is 4.79 Å². The Kier molecular flexibility index (Phi) is 12.1. The fourth-order valence-corrected chi connectivity index (χ4v) is 11.1. The van der Waals surface area contributed by atoms with Gasteiger partial charge in [0, 0.05) is 18.7 Å². The van der Waals surface area contributed by atoms with Crippen molar-refractivity contribution in [3.8, 4) is 11.5 Å². The topological polar surface area (TPSA) is 141 Å². The second-order valence-corrected chi connectivity index (χ2v) is 17.5. The molecule has 2 saturated heterocycles. The Labute approximate surface area is 362 Å². The van der Waals surface area contributed by atoms with Crippen molar-refractivity contribution in [3.63, 3.8) is 0 Å². The summed E-state index contributed by atoms with van der Waals surface area (Å²) >= 11 is 0. The van der Waals surface area contributed by atoms with Gasteiger partial charge >= 0.3 is 0 Å². The molecule has 3 fully saturated rings. The standard InChI is InChI=1S/C47H51N6O8P/c1-46-27-13-12-18-38(46)52(2)62(61-46)60-40-37(59-45(41(40)57-5)53-30-50-39-42(48-29-49-43(39)53)51-44(54)31-14-8-6-9-15-31)28-58-47(32-16-10-7-11-17-32,33-19-23-35(55-3)24-20-33)34-21-25-36(56-4)26-22-34/h6-11,14-17,19-26,29-30,37-38,40-41,45H,12-13,18,27-28H2,1-5H3,(H,48,49,51,54)/t37-,38+,40-,41-,45-,46+,62+/m1/s1. The van der Waals surface area contributed by atoms with Crippen LogP contribution in [0.25, 0.3) is 11.2 Å². The monoisotopic (exact) mass is 858 g/mol. The van der Waals surface area contributed by atoms with E-state index in [-0.39, 0.29) is 30.0 Å². The molecule has 3 aliphatic rings. The van der Waals surface area contributed by atoms with Gasteiger partial charge in [-0.1, -0.05) is 85.6 Å². The molecular formula is C47H51N6O8P. The second-order valence-electron chi connectivity index (χ2n) is 16.0. The molecule has 6 aromatic rings. The van der Waals surface area contributed by atoms with Crippen molar-refractivity contribution in [2.24, 2.45) is 0 Å². The second kappa shape index (κ2) is 17.8. The third kappa shape index (κ3) is 7.74. The lowest BCUT2D eigenvalue weighted by molar-refractivity contribution is -0.0936. The van der Waals surface area contributed by atoms with Gasteiger partial charge in [0.15, 0.2) is 23.2 Å². The minimum absolute atomic E-state index is 0.0710. The van der Waals surface area contributed by atoms with Crippen LogP contribution in [0.5, 0.6) is 11.5 Å². The van der Waals surface area contributed by atoms with E-state index < -0.39 is 38.7 Å². The first-order chi connectivity index (χ1) is 30.3. The summed E-state index contributed by atoms with van der Waals surface area (Å²) in [7, 11) is 5.53. The fourth-order valence-electron chi connectivity index (χ4n) is 9.16. The van der Waals surface area contributed by atoms with Crippen molar-refractivity contribution in [1.82, 2.24) is 24.2 Å². The number of rotatable bonds is 14. The summed E-state index contributed by atoms with van der Waals surface area (Å²) in [6.07, 6.45) is 4.49. The molecular weight excluding hydrogens is 808 g/mol. The normalized spacial score (nSPS) is 25.1. The Balaban J connectivity index is 1.11. The first kappa shape index (κ1) is 42.0. The van der Waals surface area contributed by atoms with Crippen LogP contribution >= 0.6 is 8.53 Å². The average molecular weight is 859 g/mol. The van der Waals surface area contributed by atoms with E-state index in [2.05, 4.69) is 46.1 Å². The molecule has 0 spiro atoms. The Bertz CT molecular complexity index is 2410. The number of carbonyl (C=O) groups is 1. The van der Waals surface area contributed by atoms with Crippen molar-refractivity contribution in [2.45, 2.75) is 74.4 Å². The van der Waals surface area contributed by atoms with Gasteiger partial charge in [-0.25, -0.2) is 19.6 Å². The molecule has 4 heterocycles. The van der Waals surface area contributed by atoms with Gasteiger partial charge in [0.2, 0.25) is 0 Å². The Morgan fingerprint density at radius 1 is 0.839 bits per heavy atom. The van der Waals surface area contributed by atoms with Gasteiger partial charge in [-0.2, -0.15) is 0 Å².